The van der Waals surface area contributed by atoms with Crippen LogP contribution in [0.3, 0.4) is 0 Å². The largest absolute Gasteiger partial charge is 0.462 e. The summed E-state index contributed by atoms with van der Waals surface area (Å²) < 4.78 is 15.6. The van der Waals surface area contributed by atoms with Crippen LogP contribution >= 0.6 is 0 Å². The summed E-state index contributed by atoms with van der Waals surface area (Å²) in [6, 6.07) is 0. The molecule has 1 aliphatic rings. The zero-order valence-electron chi connectivity index (χ0n) is 11.0. The first kappa shape index (κ1) is 14.6. The van der Waals surface area contributed by atoms with Gasteiger partial charge in [-0.25, -0.2) is 0 Å². The Morgan fingerprint density at radius 3 is 2.28 bits per heavy atom. The van der Waals surface area contributed by atoms with Gasteiger partial charge < -0.3 is 19.0 Å². The molecule has 1 saturated heterocycles. The Hall–Kier alpha value is -1.43. The second-order valence-corrected chi connectivity index (χ2v) is 4.74. The van der Waals surface area contributed by atoms with E-state index in [1.54, 1.807) is 13.8 Å². The number of hydrogen-bond donors (Lipinski definition) is 0. The lowest BCUT2D eigenvalue weighted by Crippen LogP contribution is -2.52. The lowest BCUT2D eigenvalue weighted by molar-refractivity contribution is -0.259. The highest BCUT2D eigenvalue weighted by Gasteiger charge is 2.45. The highest BCUT2D eigenvalue weighted by Crippen LogP contribution is 2.34. The predicted octanol–water partition coefficient (Wildman–Crippen LogP) is 0.821. The number of carbonyl (C=O) groups excluding carboxylic acids is 3. The van der Waals surface area contributed by atoms with Crippen LogP contribution in [0, 0.1) is 5.92 Å². The zero-order chi connectivity index (χ0) is 13.9. The van der Waals surface area contributed by atoms with Gasteiger partial charge in [0.15, 0.2) is 6.29 Å². The molecule has 0 N–H and O–H groups in total. The summed E-state index contributed by atoms with van der Waals surface area (Å²) in [6.45, 7) is 5.86. The Balaban J connectivity index is 2.88. The monoisotopic (exact) mass is 258 g/mol. The van der Waals surface area contributed by atoms with Crippen LogP contribution in [0.5, 0.6) is 0 Å². The third-order valence-corrected chi connectivity index (χ3v) is 2.86. The summed E-state index contributed by atoms with van der Waals surface area (Å²) in [5.74, 6) is -1.28. The molecule has 0 amide bonds. The summed E-state index contributed by atoms with van der Waals surface area (Å²) in [4.78, 5) is 33.1. The lowest BCUT2D eigenvalue weighted by atomic mass is 9.88. The predicted molar refractivity (Wildman–Crippen MR) is 60.4 cm³/mol. The van der Waals surface area contributed by atoms with Crippen LogP contribution in [-0.2, 0) is 28.6 Å². The summed E-state index contributed by atoms with van der Waals surface area (Å²) in [6.07, 6.45) is -0.535. The molecule has 4 atom stereocenters. The topological polar surface area (TPSA) is 78.9 Å². The minimum atomic E-state index is -1.12. The van der Waals surface area contributed by atoms with Gasteiger partial charge in [-0.1, -0.05) is 6.92 Å². The molecule has 0 aromatic rings. The minimum absolute atomic E-state index is 0.245. The van der Waals surface area contributed by atoms with Crippen LogP contribution in [0.25, 0.3) is 0 Å². The molecule has 6 heteroatoms. The SMILES string of the molecule is CC(=O)O[C@@H]1O[C@](C)(C=O)C[C@H](OC(C)=O)[C@@H]1C. The quantitative estimate of drug-likeness (QED) is 0.551. The summed E-state index contributed by atoms with van der Waals surface area (Å²) >= 11 is 0. The fourth-order valence-corrected chi connectivity index (χ4v) is 1.91. The lowest BCUT2D eigenvalue weighted by Gasteiger charge is -2.42. The van der Waals surface area contributed by atoms with E-state index in [0.29, 0.717) is 6.29 Å². The molecule has 6 nitrogen and oxygen atoms in total. The van der Waals surface area contributed by atoms with E-state index in [9.17, 15) is 14.4 Å². The van der Waals surface area contributed by atoms with Crippen LogP contribution < -0.4 is 0 Å². The standard InChI is InChI=1S/C12H18O6/c1-7-10(16-8(2)14)5-12(4,6-13)18-11(7)17-9(3)15/h6-7,10-11H,5H2,1-4H3/t7-,10-,11+,12-/m0/s1. The maximum Gasteiger partial charge on any atom is 0.304 e. The Morgan fingerprint density at radius 2 is 1.83 bits per heavy atom. The minimum Gasteiger partial charge on any atom is -0.462 e. The third kappa shape index (κ3) is 3.53. The average Bonchev–Trinajstić information content (AvgIpc) is 2.23. The van der Waals surface area contributed by atoms with Crippen molar-refractivity contribution in [2.24, 2.45) is 5.92 Å². The van der Waals surface area contributed by atoms with Gasteiger partial charge in [0.1, 0.15) is 11.7 Å². The van der Waals surface area contributed by atoms with E-state index in [4.69, 9.17) is 14.2 Å². The van der Waals surface area contributed by atoms with E-state index in [0.717, 1.165) is 0 Å². The first-order valence-electron chi connectivity index (χ1n) is 5.76. The van der Waals surface area contributed by atoms with Gasteiger partial charge in [0.05, 0.1) is 5.92 Å². The molecule has 18 heavy (non-hydrogen) atoms. The molecule has 1 rings (SSSR count). The first-order valence-corrected chi connectivity index (χ1v) is 5.76. The average molecular weight is 258 g/mol. The van der Waals surface area contributed by atoms with Crippen molar-refractivity contribution in [2.45, 2.75) is 52.1 Å². The van der Waals surface area contributed by atoms with Gasteiger partial charge in [0, 0.05) is 20.3 Å². The van der Waals surface area contributed by atoms with Gasteiger partial charge in [-0.05, 0) is 6.92 Å². The van der Waals surface area contributed by atoms with Crippen molar-refractivity contribution in [1.29, 1.82) is 0 Å². The van der Waals surface area contributed by atoms with Crippen molar-refractivity contribution >= 4 is 18.2 Å². The van der Waals surface area contributed by atoms with Crippen molar-refractivity contribution < 1.29 is 28.6 Å². The first-order chi connectivity index (χ1) is 8.27. The maximum absolute atomic E-state index is 11.0. The van der Waals surface area contributed by atoms with Crippen LogP contribution in [0.1, 0.15) is 34.1 Å². The van der Waals surface area contributed by atoms with Gasteiger partial charge in [0.25, 0.3) is 0 Å². The Labute approximate surface area is 106 Å². The molecule has 0 aromatic heterocycles. The van der Waals surface area contributed by atoms with Crippen molar-refractivity contribution in [3.63, 3.8) is 0 Å². The fraction of sp³-hybridized carbons (Fsp3) is 0.750. The molecule has 1 fully saturated rings. The second-order valence-electron chi connectivity index (χ2n) is 4.74. The molecular formula is C12H18O6. The van der Waals surface area contributed by atoms with E-state index in [2.05, 4.69) is 0 Å². The van der Waals surface area contributed by atoms with Crippen molar-refractivity contribution in [3.8, 4) is 0 Å². The van der Waals surface area contributed by atoms with Gasteiger partial charge in [-0.15, -0.1) is 0 Å². The van der Waals surface area contributed by atoms with E-state index in [1.165, 1.54) is 13.8 Å². The number of rotatable bonds is 3. The molecule has 0 aliphatic carbocycles. The third-order valence-electron chi connectivity index (χ3n) is 2.86. The molecule has 0 aromatic carbocycles. The molecule has 0 saturated carbocycles. The van der Waals surface area contributed by atoms with Crippen molar-refractivity contribution in [1.82, 2.24) is 0 Å². The Kier molecular flexibility index (Phi) is 4.45. The van der Waals surface area contributed by atoms with E-state index >= 15 is 0 Å². The van der Waals surface area contributed by atoms with Crippen LogP contribution in [0.2, 0.25) is 0 Å². The van der Waals surface area contributed by atoms with Gasteiger partial charge in [-0.2, -0.15) is 0 Å². The van der Waals surface area contributed by atoms with Gasteiger partial charge in [0.2, 0.25) is 6.29 Å². The number of esters is 2. The zero-order valence-corrected chi connectivity index (χ0v) is 11.0. The normalized spacial score (nSPS) is 35.7. The summed E-state index contributed by atoms with van der Waals surface area (Å²) in [5.41, 5.74) is -1.12. The molecule has 0 bridgehead atoms. The molecule has 1 aliphatic heterocycles. The highest BCUT2D eigenvalue weighted by atomic mass is 16.7. The van der Waals surface area contributed by atoms with Crippen LogP contribution in [-0.4, -0.2) is 36.2 Å². The van der Waals surface area contributed by atoms with Gasteiger partial charge in [-0.3, -0.25) is 9.59 Å². The number of ether oxygens (including phenoxy) is 3. The summed E-state index contributed by atoms with van der Waals surface area (Å²) in [5, 5.41) is 0. The molecule has 0 unspecified atom stereocenters. The Bertz CT molecular complexity index is 324. The molecular weight excluding hydrogens is 240 g/mol. The van der Waals surface area contributed by atoms with Crippen molar-refractivity contribution in [2.75, 3.05) is 0 Å². The fourth-order valence-electron chi connectivity index (χ4n) is 1.91. The van der Waals surface area contributed by atoms with E-state index in [-0.39, 0.29) is 12.3 Å². The molecule has 0 radical (unpaired) electrons. The highest BCUT2D eigenvalue weighted by molar-refractivity contribution is 5.67. The molecule has 0 spiro atoms. The molecule has 102 valence electrons. The second kappa shape index (κ2) is 5.48. The maximum atomic E-state index is 11.0. The number of aldehydes is 1. The van der Waals surface area contributed by atoms with E-state index in [1.807, 2.05) is 0 Å². The van der Waals surface area contributed by atoms with Crippen LogP contribution in [0.15, 0.2) is 0 Å². The smallest absolute Gasteiger partial charge is 0.304 e. The number of hydrogen-bond acceptors (Lipinski definition) is 6. The summed E-state index contributed by atoms with van der Waals surface area (Å²) in [7, 11) is 0. The number of carbonyl (C=O) groups is 3. The molecule has 1 heterocycles. The Morgan fingerprint density at radius 1 is 1.28 bits per heavy atom. The van der Waals surface area contributed by atoms with Crippen molar-refractivity contribution in [3.05, 3.63) is 0 Å². The van der Waals surface area contributed by atoms with Crippen LogP contribution in [0.4, 0.5) is 0 Å². The van der Waals surface area contributed by atoms with E-state index < -0.39 is 29.9 Å². The van der Waals surface area contributed by atoms with Gasteiger partial charge >= 0.3 is 11.9 Å².